The maximum atomic E-state index is 5.49. The van der Waals surface area contributed by atoms with Crippen LogP contribution >= 0.6 is 55.1 Å². The highest BCUT2D eigenvalue weighted by Gasteiger charge is 2.16. The standard InChI is InChI=1S/C3H4Br2Cl2/c4-2-1-3(5,6)7/h1-2H2. The Morgan fingerprint density at radius 3 is 1.86 bits per heavy atom. The summed E-state index contributed by atoms with van der Waals surface area (Å²) >= 11 is 17.2. The summed E-state index contributed by atoms with van der Waals surface area (Å²) in [7, 11) is 0. The molecule has 0 rings (SSSR count). The van der Waals surface area contributed by atoms with E-state index in [0.29, 0.717) is 6.42 Å². The van der Waals surface area contributed by atoms with Gasteiger partial charge < -0.3 is 0 Å². The van der Waals surface area contributed by atoms with Crippen molar-refractivity contribution in [3.63, 3.8) is 0 Å². The van der Waals surface area contributed by atoms with Crippen molar-refractivity contribution in [3.8, 4) is 0 Å². The van der Waals surface area contributed by atoms with Gasteiger partial charge in [0.15, 0.2) is 3.24 Å². The Hall–Kier alpha value is 1.54. The summed E-state index contributed by atoms with van der Waals surface area (Å²) in [4.78, 5) is 0. The molecule has 44 valence electrons. The molecule has 0 spiro atoms. The van der Waals surface area contributed by atoms with E-state index < -0.39 is 3.24 Å². The first-order valence-corrected chi connectivity index (χ1v) is 4.36. The minimum Gasteiger partial charge on any atom is -0.0927 e. The van der Waals surface area contributed by atoms with E-state index in [4.69, 9.17) is 23.2 Å². The zero-order chi connectivity index (χ0) is 5.91. The quantitative estimate of drug-likeness (QED) is 0.676. The Kier molecular flexibility index (Phi) is 4.32. The van der Waals surface area contributed by atoms with Gasteiger partial charge in [0.1, 0.15) is 0 Å². The van der Waals surface area contributed by atoms with Gasteiger partial charge >= 0.3 is 0 Å². The predicted octanol–water partition coefficient (Wildman–Crippen LogP) is 3.30. The number of hydrogen-bond donors (Lipinski definition) is 0. The minimum absolute atomic E-state index is 0.704. The highest BCUT2D eigenvalue weighted by Crippen LogP contribution is 2.32. The van der Waals surface area contributed by atoms with Crippen LogP contribution in [0.1, 0.15) is 6.42 Å². The van der Waals surface area contributed by atoms with E-state index in [1.807, 2.05) is 0 Å². The lowest BCUT2D eigenvalue weighted by molar-refractivity contribution is 1.02. The Labute approximate surface area is 69.8 Å². The van der Waals surface area contributed by atoms with Crippen molar-refractivity contribution >= 4 is 55.1 Å². The van der Waals surface area contributed by atoms with E-state index in [0.717, 1.165) is 5.33 Å². The fourth-order valence-corrected chi connectivity index (χ4v) is 2.08. The first-order valence-electron chi connectivity index (χ1n) is 1.69. The fraction of sp³-hybridized carbons (Fsp3) is 1.00. The summed E-state index contributed by atoms with van der Waals surface area (Å²) in [6.45, 7) is 0. The van der Waals surface area contributed by atoms with Crippen molar-refractivity contribution in [3.05, 3.63) is 0 Å². The maximum absolute atomic E-state index is 5.49. The summed E-state index contributed by atoms with van der Waals surface area (Å²) in [5, 5.41) is 0.811. The molecule has 0 aromatic carbocycles. The maximum Gasteiger partial charge on any atom is 0.172 e. The second-order valence-electron chi connectivity index (χ2n) is 1.05. The normalized spacial score (nSPS) is 12.0. The smallest absolute Gasteiger partial charge is 0.0927 e. The first kappa shape index (κ1) is 8.54. The minimum atomic E-state index is -0.740. The molecule has 0 aromatic rings. The summed E-state index contributed by atoms with van der Waals surface area (Å²) in [5.41, 5.74) is 0. The largest absolute Gasteiger partial charge is 0.172 e. The van der Waals surface area contributed by atoms with E-state index in [2.05, 4.69) is 31.9 Å². The highest BCUT2D eigenvalue weighted by molar-refractivity contribution is 9.11. The molecule has 0 fully saturated rings. The van der Waals surface area contributed by atoms with Gasteiger partial charge in [0.25, 0.3) is 0 Å². The van der Waals surface area contributed by atoms with E-state index in [1.54, 1.807) is 0 Å². The third-order valence-electron chi connectivity index (χ3n) is 0.378. The summed E-state index contributed by atoms with van der Waals surface area (Å²) in [6, 6.07) is 0. The number of hydrogen-bond acceptors (Lipinski definition) is 0. The van der Waals surface area contributed by atoms with Gasteiger partial charge in [0.2, 0.25) is 0 Å². The van der Waals surface area contributed by atoms with Crippen molar-refractivity contribution in [2.45, 2.75) is 9.66 Å². The lowest BCUT2D eigenvalue weighted by atomic mass is 10.6. The molecule has 0 atom stereocenters. The van der Waals surface area contributed by atoms with Crippen LogP contribution in [0.15, 0.2) is 0 Å². The van der Waals surface area contributed by atoms with Crippen molar-refractivity contribution in [2.75, 3.05) is 5.33 Å². The van der Waals surface area contributed by atoms with Crippen LogP contribution in [0.4, 0.5) is 0 Å². The number of alkyl halides is 4. The molecule has 0 nitrogen and oxygen atoms in total. The zero-order valence-electron chi connectivity index (χ0n) is 3.43. The van der Waals surface area contributed by atoms with Crippen LogP contribution in [0.5, 0.6) is 0 Å². The molecule has 0 bridgehead atoms. The molecular formula is C3H4Br2Cl2. The second kappa shape index (κ2) is 3.54. The predicted molar refractivity (Wildman–Crippen MR) is 41.8 cm³/mol. The zero-order valence-corrected chi connectivity index (χ0v) is 8.11. The molecule has 0 amide bonds. The van der Waals surface area contributed by atoms with Gasteiger partial charge in [-0.15, -0.1) is 0 Å². The van der Waals surface area contributed by atoms with Crippen molar-refractivity contribution < 1.29 is 0 Å². The molecule has 7 heavy (non-hydrogen) atoms. The Balaban J connectivity index is 3.15. The van der Waals surface area contributed by atoms with Crippen LogP contribution in [0.25, 0.3) is 0 Å². The molecule has 0 radical (unpaired) electrons. The van der Waals surface area contributed by atoms with Gasteiger partial charge in [0.05, 0.1) is 0 Å². The third-order valence-corrected chi connectivity index (χ3v) is 1.55. The third kappa shape index (κ3) is 7.54. The van der Waals surface area contributed by atoms with Crippen LogP contribution in [0.2, 0.25) is 0 Å². The summed E-state index contributed by atoms with van der Waals surface area (Å²) < 4.78 is -0.740. The van der Waals surface area contributed by atoms with Crippen LogP contribution in [0.3, 0.4) is 0 Å². The summed E-state index contributed by atoms with van der Waals surface area (Å²) in [6.07, 6.45) is 0.704. The molecule has 0 N–H and O–H groups in total. The molecule has 0 saturated heterocycles. The van der Waals surface area contributed by atoms with Crippen LogP contribution in [-0.4, -0.2) is 8.57 Å². The first-order chi connectivity index (χ1) is 3.06. The number of halogens is 4. The fourth-order valence-electron chi connectivity index (χ4n) is 0.107. The van der Waals surface area contributed by atoms with E-state index >= 15 is 0 Å². The van der Waals surface area contributed by atoms with Crippen molar-refractivity contribution in [2.24, 2.45) is 0 Å². The average Bonchev–Trinajstić information content (AvgIpc) is 1.30. The van der Waals surface area contributed by atoms with Crippen molar-refractivity contribution in [1.82, 2.24) is 0 Å². The number of rotatable bonds is 2. The van der Waals surface area contributed by atoms with Gasteiger partial charge in [-0.25, -0.2) is 0 Å². The Morgan fingerprint density at radius 2 is 1.86 bits per heavy atom. The van der Waals surface area contributed by atoms with E-state index in [1.165, 1.54) is 0 Å². The molecule has 0 heterocycles. The van der Waals surface area contributed by atoms with Gasteiger partial charge in [-0.3, -0.25) is 0 Å². The topological polar surface area (TPSA) is 0 Å². The van der Waals surface area contributed by atoms with Crippen LogP contribution in [0, 0.1) is 0 Å². The van der Waals surface area contributed by atoms with Gasteiger partial charge in [0, 0.05) is 11.8 Å². The Morgan fingerprint density at radius 1 is 1.43 bits per heavy atom. The van der Waals surface area contributed by atoms with Gasteiger partial charge in [-0.05, 0) is 15.9 Å². The van der Waals surface area contributed by atoms with Crippen LogP contribution < -0.4 is 0 Å². The van der Waals surface area contributed by atoms with Crippen molar-refractivity contribution in [1.29, 1.82) is 0 Å². The lowest BCUT2D eigenvalue weighted by Crippen LogP contribution is -1.99. The van der Waals surface area contributed by atoms with E-state index in [-0.39, 0.29) is 0 Å². The average molecular weight is 271 g/mol. The van der Waals surface area contributed by atoms with Gasteiger partial charge in [-0.1, -0.05) is 39.1 Å². The lowest BCUT2D eigenvalue weighted by Gasteiger charge is -2.05. The molecule has 0 aromatic heterocycles. The molecule has 0 unspecified atom stereocenters. The molecule has 4 heteroatoms. The SMILES string of the molecule is ClC(Cl)(Br)CCBr. The van der Waals surface area contributed by atoms with Gasteiger partial charge in [-0.2, -0.15) is 0 Å². The second-order valence-corrected chi connectivity index (χ2v) is 5.60. The molecule has 0 aliphatic rings. The molecule has 0 aliphatic heterocycles. The summed E-state index contributed by atoms with van der Waals surface area (Å²) in [5.74, 6) is 0. The molecule has 0 saturated carbocycles. The molecule has 0 aliphatic carbocycles. The van der Waals surface area contributed by atoms with E-state index in [9.17, 15) is 0 Å². The van der Waals surface area contributed by atoms with Crippen LogP contribution in [-0.2, 0) is 0 Å². The molecular weight excluding hydrogens is 267 g/mol. The Bertz CT molecular complexity index is 49.4. The highest BCUT2D eigenvalue weighted by atomic mass is 79.9. The monoisotopic (exact) mass is 268 g/mol.